The summed E-state index contributed by atoms with van der Waals surface area (Å²) in [7, 11) is 0. The maximum Gasteiger partial charge on any atom is 0.0326 e. The number of anilines is 1. The molecule has 0 amide bonds. The topological polar surface area (TPSA) is 26.0 Å². The Balaban J connectivity index is 2.18. The van der Waals surface area contributed by atoms with Crippen LogP contribution in [0.5, 0.6) is 0 Å². The van der Waals surface area contributed by atoms with E-state index in [9.17, 15) is 0 Å². The molecule has 0 aromatic heterocycles. The van der Waals surface area contributed by atoms with E-state index in [2.05, 4.69) is 47.1 Å². The van der Waals surface area contributed by atoms with E-state index in [1.165, 1.54) is 10.5 Å². The van der Waals surface area contributed by atoms with Crippen LogP contribution in [0.4, 0.5) is 5.69 Å². The summed E-state index contributed by atoms with van der Waals surface area (Å²) in [6.07, 6.45) is 0. The molecule has 17 heavy (non-hydrogen) atoms. The van der Waals surface area contributed by atoms with Crippen LogP contribution < -0.4 is 5.73 Å². The largest absolute Gasteiger partial charge is 0.399 e. The second kappa shape index (κ2) is 5.61. The van der Waals surface area contributed by atoms with Gasteiger partial charge in [-0.2, -0.15) is 0 Å². The highest BCUT2D eigenvalue weighted by Gasteiger charge is 2.09. The normalized spacial score (nSPS) is 12.4. The van der Waals surface area contributed by atoms with Crippen molar-refractivity contribution in [3.63, 3.8) is 0 Å². The molecule has 0 aliphatic rings. The van der Waals surface area contributed by atoms with Crippen LogP contribution >= 0.6 is 27.7 Å². The van der Waals surface area contributed by atoms with Crippen LogP contribution in [0.25, 0.3) is 0 Å². The average Bonchev–Trinajstić information content (AvgIpc) is 2.35. The predicted molar refractivity (Wildman–Crippen MR) is 79.3 cm³/mol. The summed E-state index contributed by atoms with van der Waals surface area (Å²) in [6, 6.07) is 16.4. The minimum atomic E-state index is 0.411. The molecule has 0 heterocycles. The van der Waals surface area contributed by atoms with Crippen molar-refractivity contribution >= 4 is 33.4 Å². The summed E-state index contributed by atoms with van der Waals surface area (Å²) in [6.45, 7) is 2.20. The number of nitrogens with two attached hydrogens (primary N) is 1. The highest BCUT2D eigenvalue weighted by Crippen LogP contribution is 2.39. The van der Waals surface area contributed by atoms with E-state index < -0.39 is 0 Å². The molecule has 0 saturated heterocycles. The summed E-state index contributed by atoms with van der Waals surface area (Å²) >= 11 is 5.37. The Morgan fingerprint density at radius 3 is 2.53 bits per heavy atom. The van der Waals surface area contributed by atoms with Gasteiger partial charge in [0.05, 0.1) is 0 Å². The Hall–Kier alpha value is -0.930. The lowest BCUT2D eigenvalue weighted by molar-refractivity contribution is 1.09. The van der Waals surface area contributed by atoms with E-state index in [1.807, 2.05) is 36.0 Å². The van der Waals surface area contributed by atoms with Crippen LogP contribution in [-0.4, -0.2) is 0 Å². The van der Waals surface area contributed by atoms with Crippen molar-refractivity contribution in [2.75, 3.05) is 5.73 Å². The summed E-state index contributed by atoms with van der Waals surface area (Å²) in [5, 5.41) is 0.411. The van der Waals surface area contributed by atoms with Crippen LogP contribution in [0.3, 0.4) is 0 Å². The number of halogens is 1. The fourth-order valence-electron chi connectivity index (χ4n) is 1.59. The zero-order valence-corrected chi connectivity index (χ0v) is 12.0. The van der Waals surface area contributed by atoms with Gasteiger partial charge in [-0.3, -0.25) is 0 Å². The van der Waals surface area contributed by atoms with Gasteiger partial charge in [0.1, 0.15) is 0 Å². The van der Waals surface area contributed by atoms with E-state index in [-0.39, 0.29) is 0 Å². The Kier molecular flexibility index (Phi) is 4.13. The first-order chi connectivity index (χ1) is 8.16. The van der Waals surface area contributed by atoms with Crippen LogP contribution in [0, 0.1) is 0 Å². The first-order valence-electron chi connectivity index (χ1n) is 5.43. The van der Waals surface area contributed by atoms with E-state index in [1.54, 1.807) is 0 Å². The van der Waals surface area contributed by atoms with E-state index in [0.29, 0.717) is 5.25 Å². The number of rotatable bonds is 3. The second-order valence-electron chi connectivity index (χ2n) is 3.86. The fourth-order valence-corrected chi connectivity index (χ4v) is 3.18. The molecule has 2 N–H and O–H groups in total. The van der Waals surface area contributed by atoms with Gasteiger partial charge in [0.2, 0.25) is 0 Å². The fraction of sp³-hybridized carbons (Fsp3) is 0.143. The van der Waals surface area contributed by atoms with Crippen LogP contribution in [0.1, 0.15) is 17.7 Å². The molecule has 0 fully saturated rings. The molecule has 1 unspecified atom stereocenters. The third-order valence-corrected chi connectivity index (χ3v) is 4.70. The van der Waals surface area contributed by atoms with Crippen molar-refractivity contribution in [3.05, 3.63) is 58.6 Å². The van der Waals surface area contributed by atoms with Crippen LogP contribution in [-0.2, 0) is 0 Å². The molecule has 88 valence electrons. The zero-order chi connectivity index (χ0) is 12.3. The molecular weight excluding hydrogens is 294 g/mol. The minimum absolute atomic E-state index is 0.411. The Morgan fingerprint density at radius 1 is 1.12 bits per heavy atom. The molecule has 1 nitrogen and oxygen atoms in total. The van der Waals surface area contributed by atoms with Gasteiger partial charge in [0.25, 0.3) is 0 Å². The van der Waals surface area contributed by atoms with Gasteiger partial charge >= 0.3 is 0 Å². The molecule has 1 atom stereocenters. The predicted octanol–water partition coefficient (Wildman–Crippen LogP) is 4.88. The smallest absolute Gasteiger partial charge is 0.0326 e. The highest BCUT2D eigenvalue weighted by molar-refractivity contribution is 9.10. The SMILES string of the molecule is CC(Sc1cc(N)ccc1Br)c1ccccc1. The molecule has 2 rings (SSSR count). The van der Waals surface area contributed by atoms with Crippen molar-refractivity contribution in [2.45, 2.75) is 17.1 Å². The molecule has 2 aromatic carbocycles. The maximum absolute atomic E-state index is 5.81. The van der Waals surface area contributed by atoms with Crippen molar-refractivity contribution < 1.29 is 0 Å². The number of nitrogen functional groups attached to an aromatic ring is 1. The summed E-state index contributed by atoms with van der Waals surface area (Å²) in [5.74, 6) is 0. The van der Waals surface area contributed by atoms with Gasteiger partial charge < -0.3 is 5.73 Å². The number of hydrogen-bond acceptors (Lipinski definition) is 2. The van der Waals surface area contributed by atoms with Crippen LogP contribution in [0.2, 0.25) is 0 Å². The zero-order valence-electron chi connectivity index (χ0n) is 9.56. The van der Waals surface area contributed by atoms with Crippen molar-refractivity contribution in [3.8, 4) is 0 Å². The molecule has 0 aliphatic heterocycles. The molecular formula is C14H14BrNS. The van der Waals surface area contributed by atoms with Gasteiger partial charge in [-0.05, 0) is 46.6 Å². The first-order valence-corrected chi connectivity index (χ1v) is 7.10. The van der Waals surface area contributed by atoms with Gasteiger partial charge in [-0.15, -0.1) is 11.8 Å². The van der Waals surface area contributed by atoms with Crippen molar-refractivity contribution in [2.24, 2.45) is 0 Å². The van der Waals surface area contributed by atoms with E-state index >= 15 is 0 Å². The van der Waals surface area contributed by atoms with Gasteiger partial charge in [0, 0.05) is 20.3 Å². The standard InChI is InChI=1S/C14H14BrNS/c1-10(11-5-3-2-4-6-11)17-14-9-12(16)7-8-13(14)15/h2-10H,16H2,1H3. The Bertz CT molecular complexity index is 499. The Labute approximate surface area is 115 Å². The number of hydrogen-bond donors (Lipinski definition) is 1. The molecule has 0 radical (unpaired) electrons. The average molecular weight is 308 g/mol. The lowest BCUT2D eigenvalue weighted by atomic mass is 10.2. The van der Waals surface area contributed by atoms with Gasteiger partial charge in [0.15, 0.2) is 0 Å². The minimum Gasteiger partial charge on any atom is -0.399 e. The molecule has 0 aliphatic carbocycles. The van der Waals surface area contributed by atoms with Gasteiger partial charge in [-0.1, -0.05) is 30.3 Å². The maximum atomic E-state index is 5.81. The summed E-state index contributed by atoms with van der Waals surface area (Å²) in [5.41, 5.74) is 7.94. The second-order valence-corrected chi connectivity index (χ2v) is 6.10. The molecule has 0 saturated carbocycles. The third-order valence-electron chi connectivity index (χ3n) is 2.53. The lowest BCUT2D eigenvalue weighted by Crippen LogP contribution is -1.90. The van der Waals surface area contributed by atoms with E-state index in [4.69, 9.17) is 5.73 Å². The quantitative estimate of drug-likeness (QED) is 0.645. The molecule has 3 heteroatoms. The summed E-state index contributed by atoms with van der Waals surface area (Å²) < 4.78 is 1.10. The number of thioether (sulfide) groups is 1. The number of benzene rings is 2. The summed E-state index contributed by atoms with van der Waals surface area (Å²) in [4.78, 5) is 1.18. The van der Waals surface area contributed by atoms with Crippen LogP contribution in [0.15, 0.2) is 57.9 Å². The third kappa shape index (κ3) is 3.27. The molecule has 0 bridgehead atoms. The monoisotopic (exact) mass is 307 g/mol. The highest BCUT2D eigenvalue weighted by atomic mass is 79.9. The van der Waals surface area contributed by atoms with E-state index in [0.717, 1.165) is 10.2 Å². The molecule has 2 aromatic rings. The lowest BCUT2D eigenvalue weighted by Gasteiger charge is -2.13. The first kappa shape index (κ1) is 12.5. The van der Waals surface area contributed by atoms with Crippen molar-refractivity contribution in [1.82, 2.24) is 0 Å². The van der Waals surface area contributed by atoms with Gasteiger partial charge in [-0.25, -0.2) is 0 Å². The van der Waals surface area contributed by atoms with Crippen molar-refractivity contribution in [1.29, 1.82) is 0 Å². The molecule has 0 spiro atoms. The Morgan fingerprint density at radius 2 is 1.82 bits per heavy atom.